The Balaban J connectivity index is 2.36. The van der Waals surface area contributed by atoms with Crippen LogP contribution >= 0.6 is 11.8 Å². The van der Waals surface area contributed by atoms with E-state index in [1.165, 1.54) is 6.07 Å². The summed E-state index contributed by atoms with van der Waals surface area (Å²) in [4.78, 5) is 4.27. The number of amidine groups is 1. The first-order chi connectivity index (χ1) is 9.97. The maximum absolute atomic E-state index is 13.9. The summed E-state index contributed by atoms with van der Waals surface area (Å²) in [5.41, 5.74) is -0.859. The molecule has 1 saturated heterocycles. The van der Waals surface area contributed by atoms with Crippen LogP contribution in [0.15, 0.2) is 41.5 Å². The van der Waals surface area contributed by atoms with Crippen molar-refractivity contribution in [3.63, 3.8) is 0 Å². The molecule has 0 aliphatic carbocycles. The van der Waals surface area contributed by atoms with Crippen LogP contribution in [0, 0.1) is 5.82 Å². The van der Waals surface area contributed by atoms with Gasteiger partial charge in [-0.15, -0.1) is 0 Å². The predicted octanol–water partition coefficient (Wildman–Crippen LogP) is 4.59. The lowest BCUT2D eigenvalue weighted by Crippen LogP contribution is -2.39. The Morgan fingerprint density at radius 1 is 1.23 bits per heavy atom. The van der Waals surface area contributed by atoms with Gasteiger partial charge < -0.3 is 5.32 Å². The number of aliphatic imine (C=N–C) groups is 1. The highest BCUT2D eigenvalue weighted by Gasteiger charge is 2.58. The fraction of sp³-hybridized carbons (Fsp3) is 0.400. The third-order valence-electron chi connectivity index (χ3n) is 3.59. The van der Waals surface area contributed by atoms with Crippen LogP contribution in [-0.4, -0.2) is 16.1 Å². The van der Waals surface area contributed by atoms with Gasteiger partial charge >= 0.3 is 6.18 Å². The van der Waals surface area contributed by atoms with E-state index in [0.29, 0.717) is 17.3 Å². The van der Waals surface area contributed by atoms with Gasteiger partial charge in [-0.2, -0.15) is 13.2 Å². The second kappa shape index (κ2) is 5.30. The zero-order valence-corrected chi connectivity index (χ0v) is 13.2. The van der Waals surface area contributed by atoms with Gasteiger partial charge in [-0.05, 0) is 26.8 Å². The molecule has 1 aromatic carbocycles. The Bertz CT molecular complexity index is 637. The summed E-state index contributed by atoms with van der Waals surface area (Å²) in [6.45, 7) is 7.78. The molecule has 1 fully saturated rings. The predicted molar refractivity (Wildman–Crippen MR) is 81.2 cm³/mol. The molecule has 2 nitrogen and oxygen atoms in total. The third kappa shape index (κ3) is 2.86. The molecule has 7 heteroatoms. The summed E-state index contributed by atoms with van der Waals surface area (Å²) in [5, 5.41) is 2.65. The van der Waals surface area contributed by atoms with Crippen molar-refractivity contribution in [2.45, 2.75) is 37.2 Å². The Morgan fingerprint density at radius 3 is 2.32 bits per heavy atom. The Labute approximate surface area is 130 Å². The van der Waals surface area contributed by atoms with Gasteiger partial charge in [0.1, 0.15) is 5.82 Å². The summed E-state index contributed by atoms with van der Waals surface area (Å²) in [5.74, 6) is -0.447. The second-order valence-corrected chi connectivity index (χ2v) is 7.10. The molecular formula is C15H16F4N2S. The third-order valence-corrected chi connectivity index (χ3v) is 4.86. The van der Waals surface area contributed by atoms with Crippen molar-refractivity contribution in [1.82, 2.24) is 5.32 Å². The SMILES string of the molecule is C=C1NC(=NC(C)(C)c2ccccc2F)S[C@]1(C)C(F)(F)F. The number of hydrogen-bond acceptors (Lipinski definition) is 2. The van der Waals surface area contributed by atoms with Gasteiger partial charge in [0, 0.05) is 11.3 Å². The fourth-order valence-corrected chi connectivity index (χ4v) is 3.20. The molecule has 0 unspecified atom stereocenters. The van der Waals surface area contributed by atoms with Crippen molar-refractivity contribution in [1.29, 1.82) is 0 Å². The minimum Gasteiger partial charge on any atom is -0.337 e. The molecule has 120 valence electrons. The molecule has 1 aromatic rings. The molecule has 0 saturated carbocycles. The van der Waals surface area contributed by atoms with E-state index >= 15 is 0 Å². The summed E-state index contributed by atoms with van der Waals surface area (Å²) in [7, 11) is 0. The van der Waals surface area contributed by atoms with Crippen LogP contribution in [0.5, 0.6) is 0 Å². The van der Waals surface area contributed by atoms with Crippen LogP contribution in [-0.2, 0) is 5.54 Å². The lowest BCUT2D eigenvalue weighted by Gasteiger charge is -2.25. The molecule has 22 heavy (non-hydrogen) atoms. The largest absolute Gasteiger partial charge is 0.408 e. The zero-order chi connectivity index (χ0) is 16.8. The Hall–Kier alpha value is -1.50. The molecule has 0 amide bonds. The van der Waals surface area contributed by atoms with Crippen molar-refractivity contribution in [3.8, 4) is 0 Å². The van der Waals surface area contributed by atoms with Gasteiger partial charge in [-0.3, -0.25) is 4.99 Å². The van der Waals surface area contributed by atoms with Crippen LogP contribution < -0.4 is 5.32 Å². The summed E-state index contributed by atoms with van der Waals surface area (Å²) in [6, 6.07) is 6.07. The summed E-state index contributed by atoms with van der Waals surface area (Å²) in [6.07, 6.45) is -4.46. The topological polar surface area (TPSA) is 24.4 Å². The molecule has 0 aromatic heterocycles. The number of nitrogens with one attached hydrogen (secondary N) is 1. The number of halogens is 4. The quantitative estimate of drug-likeness (QED) is 0.801. The van der Waals surface area contributed by atoms with Gasteiger partial charge in [0.15, 0.2) is 9.91 Å². The van der Waals surface area contributed by atoms with E-state index < -0.39 is 22.3 Å². The van der Waals surface area contributed by atoms with Gasteiger partial charge in [0.05, 0.1) is 5.54 Å². The first-order valence-electron chi connectivity index (χ1n) is 6.54. The normalized spacial score (nSPS) is 24.7. The van der Waals surface area contributed by atoms with Crippen LogP contribution in [0.25, 0.3) is 0 Å². The molecule has 0 radical (unpaired) electrons. The van der Waals surface area contributed by atoms with Crippen molar-refractivity contribution < 1.29 is 17.6 Å². The van der Waals surface area contributed by atoms with Crippen LogP contribution in [0.4, 0.5) is 17.6 Å². The maximum atomic E-state index is 13.9. The first kappa shape index (κ1) is 16.9. The molecule has 1 atom stereocenters. The molecule has 2 rings (SSSR count). The number of nitrogens with zero attached hydrogens (tertiary/aromatic N) is 1. The van der Waals surface area contributed by atoms with Gasteiger partial charge in [0.25, 0.3) is 0 Å². The highest BCUT2D eigenvalue weighted by atomic mass is 32.2. The van der Waals surface area contributed by atoms with E-state index in [2.05, 4.69) is 16.9 Å². The molecule has 0 spiro atoms. The van der Waals surface area contributed by atoms with E-state index in [-0.39, 0.29) is 10.9 Å². The number of hydrogen-bond donors (Lipinski definition) is 1. The highest BCUT2D eigenvalue weighted by Crippen LogP contribution is 2.49. The van der Waals surface area contributed by atoms with E-state index in [0.717, 1.165) is 6.92 Å². The molecule has 1 N–H and O–H groups in total. The minimum absolute atomic E-state index is 0.0816. The molecule has 1 heterocycles. The number of thioether (sulfide) groups is 1. The second-order valence-electron chi connectivity index (χ2n) is 5.69. The number of alkyl halides is 3. The number of benzene rings is 1. The fourth-order valence-electron chi connectivity index (χ4n) is 2.08. The zero-order valence-electron chi connectivity index (χ0n) is 12.4. The smallest absolute Gasteiger partial charge is 0.337 e. The number of rotatable bonds is 2. The molecule has 1 aliphatic heterocycles. The summed E-state index contributed by atoms with van der Waals surface area (Å²) < 4.78 is 51.2. The molecule has 1 aliphatic rings. The van der Waals surface area contributed by atoms with Crippen molar-refractivity contribution in [2.75, 3.05) is 0 Å². The van der Waals surface area contributed by atoms with Crippen LogP contribution in [0.3, 0.4) is 0 Å². The van der Waals surface area contributed by atoms with Crippen molar-refractivity contribution >= 4 is 16.9 Å². The lowest BCUT2D eigenvalue weighted by atomic mass is 9.95. The van der Waals surface area contributed by atoms with E-state index in [1.807, 2.05) is 0 Å². The average molecular weight is 332 g/mol. The highest BCUT2D eigenvalue weighted by molar-refractivity contribution is 8.15. The lowest BCUT2D eigenvalue weighted by molar-refractivity contribution is -0.146. The van der Waals surface area contributed by atoms with Gasteiger partial charge in [-0.25, -0.2) is 4.39 Å². The first-order valence-corrected chi connectivity index (χ1v) is 7.36. The summed E-state index contributed by atoms with van der Waals surface area (Å²) >= 11 is 0.547. The molecule has 0 bridgehead atoms. The minimum atomic E-state index is -4.46. The van der Waals surface area contributed by atoms with E-state index in [4.69, 9.17) is 0 Å². The van der Waals surface area contributed by atoms with Crippen molar-refractivity contribution in [2.24, 2.45) is 4.99 Å². The monoisotopic (exact) mass is 332 g/mol. The van der Waals surface area contributed by atoms with Crippen molar-refractivity contribution in [3.05, 3.63) is 47.9 Å². The van der Waals surface area contributed by atoms with Crippen LogP contribution in [0.2, 0.25) is 0 Å². The Morgan fingerprint density at radius 2 is 1.82 bits per heavy atom. The van der Waals surface area contributed by atoms with E-state index in [1.54, 1.807) is 32.0 Å². The average Bonchev–Trinajstić information content (AvgIpc) is 2.64. The van der Waals surface area contributed by atoms with E-state index in [9.17, 15) is 17.6 Å². The van der Waals surface area contributed by atoms with Gasteiger partial charge in [-0.1, -0.05) is 36.5 Å². The van der Waals surface area contributed by atoms with Gasteiger partial charge in [0.2, 0.25) is 0 Å². The standard InChI is InChI=1S/C15H16F4N2S/c1-9-14(4,15(17,18)19)22-12(20-9)21-13(2,3)10-7-5-6-8-11(10)16/h5-8H,1H2,2-4H3,(H,20,21)/t14-/m0/s1. The molecular weight excluding hydrogens is 316 g/mol. The van der Waals surface area contributed by atoms with Crippen LogP contribution in [0.1, 0.15) is 26.3 Å². The maximum Gasteiger partial charge on any atom is 0.408 e. The Kier molecular flexibility index (Phi) is 4.06.